The highest BCUT2D eigenvalue weighted by molar-refractivity contribution is 7.89. The maximum absolute atomic E-state index is 13.1. The van der Waals surface area contributed by atoms with Crippen LogP contribution in [0.15, 0.2) is 53.4 Å². The van der Waals surface area contributed by atoms with Crippen molar-refractivity contribution in [2.75, 3.05) is 47.4 Å². The zero-order valence-corrected chi connectivity index (χ0v) is 23.3. The minimum atomic E-state index is -3.74. The van der Waals surface area contributed by atoms with Gasteiger partial charge in [-0.15, -0.1) is 0 Å². The summed E-state index contributed by atoms with van der Waals surface area (Å²) >= 11 is 6.07. The lowest BCUT2D eigenvalue weighted by molar-refractivity contribution is -0.126. The zero-order valence-electron chi connectivity index (χ0n) is 21.7. The molecule has 1 aliphatic rings. The molecule has 0 saturated heterocycles. The van der Waals surface area contributed by atoms with Gasteiger partial charge in [-0.2, -0.15) is 4.31 Å². The van der Waals surface area contributed by atoms with Gasteiger partial charge in [-0.25, -0.2) is 12.8 Å². The minimum absolute atomic E-state index is 0.00827. The van der Waals surface area contributed by atoms with Crippen LogP contribution in [0, 0.1) is 17.7 Å². The molecule has 0 heterocycles. The van der Waals surface area contributed by atoms with Crippen molar-refractivity contribution >= 4 is 27.5 Å². The van der Waals surface area contributed by atoms with Crippen molar-refractivity contribution in [3.05, 3.63) is 64.9 Å². The van der Waals surface area contributed by atoms with Gasteiger partial charge in [-0.1, -0.05) is 23.7 Å². The van der Waals surface area contributed by atoms with Gasteiger partial charge in [0.05, 0.1) is 11.5 Å². The van der Waals surface area contributed by atoms with Crippen LogP contribution in [0.5, 0.6) is 0 Å². The first kappa shape index (κ1) is 29.5. The van der Waals surface area contributed by atoms with Gasteiger partial charge in [0.25, 0.3) is 0 Å². The number of likely N-dealkylation sites (N-methyl/N-ethyl adjacent to an activating group) is 1. The first-order valence-corrected chi connectivity index (χ1v) is 14.4. The van der Waals surface area contributed by atoms with Gasteiger partial charge in [0.15, 0.2) is 0 Å². The molecule has 7 nitrogen and oxygen atoms in total. The third-order valence-corrected chi connectivity index (χ3v) is 9.12. The molecule has 0 bridgehead atoms. The number of sulfonamides is 1. The van der Waals surface area contributed by atoms with E-state index in [4.69, 9.17) is 16.3 Å². The topological polar surface area (TPSA) is 79.0 Å². The largest absolute Gasteiger partial charge is 0.370 e. The number of rotatable bonds is 12. The second-order valence-corrected chi connectivity index (χ2v) is 12.4. The van der Waals surface area contributed by atoms with Gasteiger partial charge in [0, 0.05) is 31.2 Å². The first-order chi connectivity index (χ1) is 17.6. The van der Waals surface area contributed by atoms with Crippen LogP contribution in [0.4, 0.5) is 4.39 Å². The standard InChI is InChI=1S/C27H37ClFN3O4S/c1-31(2)27(22-8-10-23(28)11-9-22)21-6-4-20(5-7-21)18-30-26(33)19-36-17-16-32(3)37(34,35)25-14-12-24(29)13-15-25/h8-15,20-21,27H,4-7,16-19H2,1-3H3,(H,30,33). The van der Waals surface area contributed by atoms with Gasteiger partial charge >= 0.3 is 0 Å². The summed E-state index contributed by atoms with van der Waals surface area (Å²) in [6, 6.07) is 13.1. The quantitative estimate of drug-likeness (QED) is 0.396. The predicted molar refractivity (Wildman–Crippen MR) is 143 cm³/mol. The second-order valence-electron chi connectivity index (χ2n) is 9.88. The summed E-state index contributed by atoms with van der Waals surface area (Å²) in [5, 5.41) is 3.69. The van der Waals surface area contributed by atoms with Crippen molar-refractivity contribution in [3.63, 3.8) is 0 Å². The fourth-order valence-electron chi connectivity index (χ4n) is 4.93. The molecule has 2 aromatic carbocycles. The van der Waals surface area contributed by atoms with E-state index in [1.165, 1.54) is 24.7 Å². The Labute approximate surface area is 225 Å². The number of nitrogens with zero attached hydrogens (tertiary/aromatic N) is 2. The average Bonchev–Trinajstić information content (AvgIpc) is 2.87. The molecule has 1 unspecified atom stereocenters. The van der Waals surface area contributed by atoms with Gasteiger partial charge in [-0.3, -0.25) is 4.79 Å². The number of nitrogens with one attached hydrogen (secondary N) is 1. The number of benzene rings is 2. The van der Waals surface area contributed by atoms with E-state index in [0.717, 1.165) is 47.1 Å². The summed E-state index contributed by atoms with van der Waals surface area (Å²) in [5.41, 5.74) is 1.28. The SMILES string of the molecule is CN(C)C(c1ccc(Cl)cc1)C1CCC(CNC(=O)COCCN(C)S(=O)(=O)c2ccc(F)cc2)CC1. The maximum Gasteiger partial charge on any atom is 0.246 e. The van der Waals surface area contributed by atoms with Crippen molar-refractivity contribution in [1.82, 2.24) is 14.5 Å². The van der Waals surface area contributed by atoms with Crippen molar-refractivity contribution in [1.29, 1.82) is 0 Å². The number of ether oxygens (including phenoxy) is 1. The number of hydrogen-bond acceptors (Lipinski definition) is 5. The van der Waals surface area contributed by atoms with E-state index in [1.807, 2.05) is 12.1 Å². The molecule has 10 heteroatoms. The Morgan fingerprint density at radius 3 is 2.27 bits per heavy atom. The van der Waals surface area contributed by atoms with Crippen LogP contribution < -0.4 is 5.32 Å². The van der Waals surface area contributed by atoms with E-state index in [2.05, 4.69) is 36.4 Å². The summed E-state index contributed by atoms with van der Waals surface area (Å²) in [4.78, 5) is 14.5. The molecule has 0 aromatic heterocycles. The minimum Gasteiger partial charge on any atom is -0.370 e. The predicted octanol–water partition coefficient (Wildman–Crippen LogP) is 4.34. The summed E-state index contributed by atoms with van der Waals surface area (Å²) < 4.78 is 44.6. The van der Waals surface area contributed by atoms with Crippen molar-refractivity contribution in [3.8, 4) is 0 Å². The summed E-state index contributed by atoms with van der Waals surface area (Å²) in [6.45, 7) is 0.643. The molecule has 1 saturated carbocycles. The van der Waals surface area contributed by atoms with Crippen molar-refractivity contribution in [2.45, 2.75) is 36.6 Å². The zero-order chi connectivity index (χ0) is 27.0. The normalized spacial score (nSPS) is 19.2. The molecule has 1 atom stereocenters. The van der Waals surface area contributed by atoms with E-state index < -0.39 is 15.8 Å². The van der Waals surface area contributed by atoms with Gasteiger partial charge < -0.3 is 15.0 Å². The van der Waals surface area contributed by atoms with E-state index in [-0.39, 0.29) is 30.6 Å². The molecule has 2 aromatic rings. The van der Waals surface area contributed by atoms with Crippen LogP contribution >= 0.6 is 11.6 Å². The number of amides is 1. The Morgan fingerprint density at radius 2 is 1.68 bits per heavy atom. The third kappa shape index (κ3) is 8.48. The molecule has 1 fully saturated rings. The Morgan fingerprint density at radius 1 is 1.05 bits per heavy atom. The Bertz CT molecular complexity index is 1110. The molecule has 0 radical (unpaired) electrons. The summed E-state index contributed by atoms with van der Waals surface area (Å²) in [6.07, 6.45) is 4.29. The molecule has 0 spiro atoms. The van der Waals surface area contributed by atoms with E-state index >= 15 is 0 Å². The number of hydrogen-bond donors (Lipinski definition) is 1. The molecule has 1 aliphatic carbocycles. The van der Waals surface area contributed by atoms with Gasteiger partial charge in [0.1, 0.15) is 12.4 Å². The van der Waals surface area contributed by atoms with Crippen LogP contribution in [0.3, 0.4) is 0 Å². The molecule has 1 amide bonds. The molecule has 37 heavy (non-hydrogen) atoms. The van der Waals surface area contributed by atoms with Crippen LogP contribution in [-0.2, 0) is 19.6 Å². The van der Waals surface area contributed by atoms with Crippen LogP contribution in [0.25, 0.3) is 0 Å². The van der Waals surface area contributed by atoms with Crippen molar-refractivity contribution < 1.29 is 22.3 Å². The fourth-order valence-corrected chi connectivity index (χ4v) is 6.21. The summed E-state index contributed by atoms with van der Waals surface area (Å²) in [7, 11) is 1.91. The Hall–Kier alpha value is -2.04. The maximum atomic E-state index is 13.1. The molecule has 0 aliphatic heterocycles. The first-order valence-electron chi connectivity index (χ1n) is 12.6. The lowest BCUT2D eigenvalue weighted by atomic mass is 9.76. The molecular weight excluding hydrogens is 517 g/mol. The lowest BCUT2D eigenvalue weighted by Gasteiger charge is -2.37. The van der Waals surface area contributed by atoms with Crippen LogP contribution in [-0.4, -0.2) is 71.0 Å². The van der Waals surface area contributed by atoms with Gasteiger partial charge in [0.2, 0.25) is 15.9 Å². The molecule has 204 valence electrons. The van der Waals surface area contributed by atoms with E-state index in [0.29, 0.717) is 24.4 Å². The third-order valence-electron chi connectivity index (χ3n) is 7.00. The highest BCUT2D eigenvalue weighted by Crippen LogP contribution is 2.39. The van der Waals surface area contributed by atoms with Gasteiger partial charge in [-0.05, 0) is 93.6 Å². The number of carbonyl (C=O) groups excluding carboxylic acids is 1. The van der Waals surface area contributed by atoms with Crippen LogP contribution in [0.2, 0.25) is 5.02 Å². The number of halogens is 2. The van der Waals surface area contributed by atoms with E-state index in [1.54, 1.807) is 0 Å². The highest BCUT2D eigenvalue weighted by Gasteiger charge is 2.30. The lowest BCUT2D eigenvalue weighted by Crippen LogP contribution is -2.36. The number of carbonyl (C=O) groups is 1. The Balaban J connectivity index is 1.35. The monoisotopic (exact) mass is 553 g/mol. The molecular formula is C27H37ClFN3O4S. The fraction of sp³-hybridized carbons (Fsp3) is 0.519. The molecule has 3 rings (SSSR count). The van der Waals surface area contributed by atoms with E-state index in [9.17, 15) is 17.6 Å². The smallest absolute Gasteiger partial charge is 0.246 e. The molecule has 1 N–H and O–H groups in total. The highest BCUT2D eigenvalue weighted by atomic mass is 35.5. The average molecular weight is 554 g/mol. The Kier molecular flexibility index (Phi) is 10.9. The second kappa shape index (κ2) is 13.7. The summed E-state index contributed by atoms with van der Waals surface area (Å²) in [5.74, 6) is 0.271. The van der Waals surface area contributed by atoms with Crippen molar-refractivity contribution in [2.24, 2.45) is 11.8 Å². The van der Waals surface area contributed by atoms with Crippen LogP contribution in [0.1, 0.15) is 37.3 Å².